The lowest BCUT2D eigenvalue weighted by atomic mass is 10.1. The van der Waals surface area contributed by atoms with E-state index in [1.165, 1.54) is 0 Å². The number of rotatable bonds is 3. The molecule has 18 heavy (non-hydrogen) atoms. The largest absolute Gasteiger partial charge is 0.261 e. The average Bonchev–Trinajstić information content (AvgIpc) is 2.35. The number of halogens is 3. The molecule has 4 heteroatoms. The van der Waals surface area contributed by atoms with Crippen LogP contribution in [0.1, 0.15) is 21.6 Å². The van der Waals surface area contributed by atoms with Gasteiger partial charge in [0.05, 0.1) is 4.47 Å². The van der Waals surface area contributed by atoms with Crippen molar-refractivity contribution in [1.29, 1.82) is 0 Å². The van der Waals surface area contributed by atoms with E-state index in [4.69, 9.17) is 0 Å². The Morgan fingerprint density at radius 1 is 1.33 bits per heavy atom. The van der Waals surface area contributed by atoms with Gasteiger partial charge in [-0.1, -0.05) is 28.1 Å². The van der Waals surface area contributed by atoms with Crippen molar-refractivity contribution in [2.45, 2.75) is 18.2 Å². The zero-order chi connectivity index (χ0) is 13.1. The summed E-state index contributed by atoms with van der Waals surface area (Å²) in [5, 5.41) is 0. The van der Waals surface area contributed by atoms with Crippen molar-refractivity contribution in [2.24, 2.45) is 0 Å². The lowest BCUT2D eigenvalue weighted by Crippen LogP contribution is -2.00. The van der Waals surface area contributed by atoms with Gasteiger partial charge in [0, 0.05) is 23.1 Å². The van der Waals surface area contributed by atoms with Crippen molar-refractivity contribution < 1.29 is 4.39 Å². The van der Waals surface area contributed by atoms with Crippen LogP contribution in [0.25, 0.3) is 0 Å². The molecule has 0 fully saturated rings. The molecule has 0 N–H and O–H groups in total. The first kappa shape index (κ1) is 13.7. The van der Waals surface area contributed by atoms with Gasteiger partial charge in [0.15, 0.2) is 0 Å². The number of hydrogen-bond acceptors (Lipinski definition) is 1. The van der Waals surface area contributed by atoms with Crippen LogP contribution in [0, 0.1) is 12.7 Å². The Labute approximate surface area is 123 Å². The maximum atomic E-state index is 13.5. The third-order valence-electron chi connectivity index (χ3n) is 2.80. The van der Waals surface area contributed by atoms with Gasteiger partial charge in [0.1, 0.15) is 5.82 Å². The molecular weight excluding hydrogens is 361 g/mol. The van der Waals surface area contributed by atoms with Gasteiger partial charge < -0.3 is 0 Å². The van der Waals surface area contributed by atoms with Gasteiger partial charge in [0.2, 0.25) is 0 Å². The van der Waals surface area contributed by atoms with Crippen LogP contribution >= 0.6 is 31.9 Å². The van der Waals surface area contributed by atoms with Crippen molar-refractivity contribution in [3.8, 4) is 0 Å². The standard InChI is InChI=1S/C14H12Br2FN/c1-9-3-2-6-18-14(9)8-12(16)10-4-5-11(15)13(17)7-10/h2-7,12H,8H2,1H3. The molecule has 0 aliphatic heterocycles. The number of hydrogen-bond donors (Lipinski definition) is 0. The summed E-state index contributed by atoms with van der Waals surface area (Å²) in [6.07, 6.45) is 2.53. The summed E-state index contributed by atoms with van der Waals surface area (Å²) in [5.41, 5.74) is 3.10. The highest BCUT2D eigenvalue weighted by molar-refractivity contribution is 9.10. The average molecular weight is 373 g/mol. The number of nitrogens with zero attached hydrogens (tertiary/aromatic N) is 1. The summed E-state index contributed by atoms with van der Waals surface area (Å²) < 4.78 is 14.0. The fourth-order valence-corrected chi connectivity index (χ4v) is 2.56. The van der Waals surface area contributed by atoms with Crippen molar-refractivity contribution in [2.75, 3.05) is 0 Å². The molecule has 0 aliphatic rings. The maximum Gasteiger partial charge on any atom is 0.137 e. The van der Waals surface area contributed by atoms with Crippen molar-refractivity contribution in [3.05, 3.63) is 63.6 Å². The summed E-state index contributed by atoms with van der Waals surface area (Å²) in [6, 6.07) is 9.13. The molecule has 2 rings (SSSR count). The van der Waals surface area contributed by atoms with E-state index in [1.54, 1.807) is 18.3 Å². The van der Waals surface area contributed by atoms with E-state index in [2.05, 4.69) is 36.8 Å². The van der Waals surface area contributed by atoms with Crippen LogP contribution in [0.4, 0.5) is 4.39 Å². The predicted octanol–water partition coefficient (Wildman–Crippen LogP) is 4.97. The minimum atomic E-state index is -0.241. The smallest absolute Gasteiger partial charge is 0.137 e. The van der Waals surface area contributed by atoms with Crippen LogP contribution in [0.2, 0.25) is 0 Å². The van der Waals surface area contributed by atoms with Crippen LogP contribution in [-0.4, -0.2) is 4.98 Å². The molecule has 0 radical (unpaired) electrons. The van der Waals surface area contributed by atoms with Crippen molar-refractivity contribution >= 4 is 31.9 Å². The second-order valence-corrected chi connectivity index (χ2v) is 6.07. The fraction of sp³-hybridized carbons (Fsp3) is 0.214. The van der Waals surface area contributed by atoms with Crippen LogP contribution in [0.3, 0.4) is 0 Å². The van der Waals surface area contributed by atoms with Gasteiger partial charge in [-0.05, 0) is 52.2 Å². The molecule has 0 amide bonds. The maximum absolute atomic E-state index is 13.5. The molecule has 0 saturated heterocycles. The first-order valence-electron chi connectivity index (χ1n) is 5.57. The quantitative estimate of drug-likeness (QED) is 0.693. The van der Waals surface area contributed by atoms with Crippen LogP contribution in [-0.2, 0) is 6.42 Å². The van der Waals surface area contributed by atoms with E-state index in [9.17, 15) is 4.39 Å². The Balaban J connectivity index is 2.19. The third kappa shape index (κ3) is 3.18. The van der Waals surface area contributed by atoms with Gasteiger partial charge in [-0.2, -0.15) is 0 Å². The Morgan fingerprint density at radius 2 is 2.11 bits per heavy atom. The highest BCUT2D eigenvalue weighted by Crippen LogP contribution is 2.29. The molecule has 94 valence electrons. The Morgan fingerprint density at radius 3 is 2.78 bits per heavy atom. The number of pyridine rings is 1. The molecule has 1 aromatic heterocycles. The molecular formula is C14H12Br2FN. The molecule has 1 heterocycles. The van der Waals surface area contributed by atoms with Crippen LogP contribution < -0.4 is 0 Å². The van der Waals surface area contributed by atoms with Gasteiger partial charge in [-0.15, -0.1) is 0 Å². The fourth-order valence-electron chi connectivity index (χ4n) is 1.73. The summed E-state index contributed by atoms with van der Waals surface area (Å²) >= 11 is 6.75. The van der Waals surface area contributed by atoms with Gasteiger partial charge in [0.25, 0.3) is 0 Å². The highest BCUT2D eigenvalue weighted by Gasteiger charge is 2.12. The summed E-state index contributed by atoms with van der Waals surface area (Å²) in [4.78, 5) is 4.41. The molecule has 0 bridgehead atoms. The van der Waals surface area contributed by atoms with Crippen LogP contribution in [0.5, 0.6) is 0 Å². The highest BCUT2D eigenvalue weighted by atomic mass is 79.9. The van der Waals surface area contributed by atoms with E-state index in [-0.39, 0.29) is 10.6 Å². The lowest BCUT2D eigenvalue weighted by molar-refractivity contribution is 0.618. The second-order valence-electron chi connectivity index (χ2n) is 4.11. The molecule has 0 saturated carbocycles. The van der Waals surface area contributed by atoms with Crippen molar-refractivity contribution in [3.63, 3.8) is 0 Å². The van der Waals surface area contributed by atoms with E-state index in [0.717, 1.165) is 23.2 Å². The molecule has 1 atom stereocenters. The number of benzene rings is 1. The number of alkyl halides is 1. The molecule has 2 aromatic rings. The Bertz CT molecular complexity index is 557. The molecule has 0 aliphatic carbocycles. The summed E-state index contributed by atoms with van der Waals surface area (Å²) in [7, 11) is 0. The van der Waals surface area contributed by atoms with E-state index in [1.807, 2.05) is 25.1 Å². The number of aromatic nitrogens is 1. The zero-order valence-electron chi connectivity index (χ0n) is 9.83. The lowest BCUT2D eigenvalue weighted by Gasteiger charge is -2.12. The van der Waals surface area contributed by atoms with Gasteiger partial charge in [-0.3, -0.25) is 4.98 Å². The van der Waals surface area contributed by atoms with E-state index < -0.39 is 0 Å². The Hall–Kier alpha value is -0.740. The monoisotopic (exact) mass is 371 g/mol. The van der Waals surface area contributed by atoms with E-state index in [0.29, 0.717) is 4.47 Å². The minimum Gasteiger partial charge on any atom is -0.261 e. The first-order valence-corrected chi connectivity index (χ1v) is 7.28. The molecule has 0 spiro atoms. The Kier molecular flexibility index (Phi) is 4.51. The van der Waals surface area contributed by atoms with Gasteiger partial charge >= 0.3 is 0 Å². The van der Waals surface area contributed by atoms with E-state index >= 15 is 0 Å². The predicted molar refractivity (Wildman–Crippen MR) is 78.4 cm³/mol. The molecule has 1 aromatic carbocycles. The normalized spacial score (nSPS) is 12.4. The molecule has 1 unspecified atom stereocenters. The van der Waals surface area contributed by atoms with Gasteiger partial charge in [-0.25, -0.2) is 4.39 Å². The summed E-state index contributed by atoms with van der Waals surface area (Å²) in [6.45, 7) is 2.03. The van der Waals surface area contributed by atoms with Crippen molar-refractivity contribution in [1.82, 2.24) is 4.98 Å². The van der Waals surface area contributed by atoms with Crippen LogP contribution in [0.15, 0.2) is 41.0 Å². The molecule has 1 nitrogen and oxygen atoms in total. The summed E-state index contributed by atoms with van der Waals surface area (Å²) in [5.74, 6) is -0.241. The SMILES string of the molecule is Cc1cccnc1CC(Br)c1ccc(Br)c(F)c1. The zero-order valence-corrected chi connectivity index (χ0v) is 13.0. The second kappa shape index (κ2) is 5.93. The third-order valence-corrected chi connectivity index (χ3v) is 4.29. The number of aryl methyl sites for hydroxylation is 1. The minimum absolute atomic E-state index is 0.0636. The topological polar surface area (TPSA) is 12.9 Å². The first-order chi connectivity index (χ1) is 8.58.